The Morgan fingerprint density at radius 1 is 1.29 bits per heavy atom. The molecule has 1 N–H and O–H groups in total. The fourth-order valence-electron chi connectivity index (χ4n) is 1.48. The molecule has 1 saturated heterocycles. The molecule has 2 nitrogen and oxygen atoms in total. The van der Waals surface area contributed by atoms with Crippen LogP contribution >= 0.6 is 0 Å². The van der Waals surface area contributed by atoms with Crippen LogP contribution in [0.4, 0.5) is 10.1 Å². The van der Waals surface area contributed by atoms with Gasteiger partial charge >= 0.3 is 0 Å². The zero-order valence-corrected chi connectivity index (χ0v) is 8.43. The Kier molecular flexibility index (Phi) is 2.42. The molecule has 0 aromatic heterocycles. The molecule has 0 spiro atoms. The van der Waals surface area contributed by atoms with Crippen LogP contribution in [0.2, 0.25) is 0 Å². The number of benzene rings is 1. The van der Waals surface area contributed by atoms with Crippen LogP contribution < -0.4 is 5.32 Å². The Hall–Kier alpha value is -1.09. The van der Waals surface area contributed by atoms with Crippen molar-refractivity contribution in [2.24, 2.45) is 0 Å². The lowest BCUT2D eigenvalue weighted by Crippen LogP contribution is -2.40. The van der Waals surface area contributed by atoms with E-state index < -0.39 is 0 Å². The third-order valence-corrected chi connectivity index (χ3v) is 2.50. The summed E-state index contributed by atoms with van der Waals surface area (Å²) in [6, 6.07) is 3.80. The molecule has 1 heterocycles. The zero-order valence-electron chi connectivity index (χ0n) is 8.43. The van der Waals surface area contributed by atoms with E-state index in [9.17, 15) is 4.39 Å². The summed E-state index contributed by atoms with van der Waals surface area (Å²) in [5.41, 5.74) is 2.63. The summed E-state index contributed by atoms with van der Waals surface area (Å²) in [7, 11) is 0. The second-order valence-electron chi connectivity index (χ2n) is 3.80. The van der Waals surface area contributed by atoms with Gasteiger partial charge in [-0.2, -0.15) is 0 Å². The van der Waals surface area contributed by atoms with E-state index in [1.54, 1.807) is 13.0 Å². The predicted octanol–water partition coefficient (Wildman–Crippen LogP) is 2.25. The van der Waals surface area contributed by atoms with E-state index in [0.717, 1.165) is 24.5 Å². The van der Waals surface area contributed by atoms with Gasteiger partial charge in [0.1, 0.15) is 5.82 Å². The third kappa shape index (κ3) is 1.73. The highest BCUT2D eigenvalue weighted by Gasteiger charge is 2.18. The number of ether oxygens (including phenoxy) is 1. The zero-order chi connectivity index (χ0) is 10.1. The summed E-state index contributed by atoms with van der Waals surface area (Å²) in [4.78, 5) is 0. The van der Waals surface area contributed by atoms with Crippen LogP contribution in [0.25, 0.3) is 0 Å². The van der Waals surface area contributed by atoms with Gasteiger partial charge in [-0.1, -0.05) is 0 Å². The lowest BCUT2D eigenvalue weighted by Gasteiger charge is -2.28. The van der Waals surface area contributed by atoms with Crippen LogP contribution in [0.15, 0.2) is 12.1 Å². The average molecular weight is 195 g/mol. The summed E-state index contributed by atoms with van der Waals surface area (Å²) < 4.78 is 18.2. The van der Waals surface area contributed by atoms with Gasteiger partial charge in [-0.25, -0.2) is 4.39 Å². The first-order valence-electron chi connectivity index (χ1n) is 4.78. The fourth-order valence-corrected chi connectivity index (χ4v) is 1.48. The second-order valence-corrected chi connectivity index (χ2v) is 3.80. The van der Waals surface area contributed by atoms with Crippen molar-refractivity contribution in [3.05, 3.63) is 29.1 Å². The summed E-state index contributed by atoms with van der Waals surface area (Å²) in [5.74, 6) is -0.141. The van der Waals surface area contributed by atoms with Crippen molar-refractivity contribution < 1.29 is 9.13 Å². The molecule has 0 saturated carbocycles. The molecule has 0 atom stereocenters. The molecule has 3 heteroatoms. The normalized spacial score (nSPS) is 16.5. The Balaban J connectivity index is 2.19. The van der Waals surface area contributed by atoms with Crippen molar-refractivity contribution in [1.82, 2.24) is 0 Å². The maximum Gasteiger partial charge on any atom is 0.126 e. The number of halogens is 1. The van der Waals surface area contributed by atoms with Crippen LogP contribution in [0.1, 0.15) is 11.1 Å². The molecule has 76 valence electrons. The minimum Gasteiger partial charge on any atom is -0.377 e. The van der Waals surface area contributed by atoms with Gasteiger partial charge in [0.25, 0.3) is 0 Å². The molecule has 2 rings (SSSR count). The average Bonchev–Trinajstić information content (AvgIpc) is 2.06. The largest absolute Gasteiger partial charge is 0.377 e. The first-order valence-corrected chi connectivity index (χ1v) is 4.78. The van der Waals surface area contributed by atoms with Gasteiger partial charge in [0.05, 0.1) is 19.3 Å². The SMILES string of the molecule is Cc1cc(NC2COC2)c(C)cc1F. The van der Waals surface area contributed by atoms with E-state index in [2.05, 4.69) is 5.32 Å². The van der Waals surface area contributed by atoms with Gasteiger partial charge in [-0.05, 0) is 37.1 Å². The number of hydrogen-bond donors (Lipinski definition) is 1. The summed E-state index contributed by atoms with van der Waals surface area (Å²) >= 11 is 0. The van der Waals surface area contributed by atoms with E-state index in [4.69, 9.17) is 4.74 Å². The van der Waals surface area contributed by atoms with E-state index in [0.29, 0.717) is 11.6 Å². The number of hydrogen-bond acceptors (Lipinski definition) is 2. The van der Waals surface area contributed by atoms with Gasteiger partial charge in [0.15, 0.2) is 0 Å². The van der Waals surface area contributed by atoms with Crippen LogP contribution in [0.5, 0.6) is 0 Å². The molecule has 1 aliphatic rings. The number of anilines is 1. The molecule has 0 amide bonds. The van der Waals surface area contributed by atoms with E-state index in [1.165, 1.54) is 0 Å². The van der Waals surface area contributed by atoms with Crippen LogP contribution in [0.3, 0.4) is 0 Å². The molecule has 1 aromatic rings. The maximum atomic E-state index is 13.1. The van der Waals surface area contributed by atoms with Gasteiger partial charge < -0.3 is 10.1 Å². The van der Waals surface area contributed by atoms with Crippen LogP contribution in [-0.4, -0.2) is 19.3 Å². The molecule has 1 fully saturated rings. The summed E-state index contributed by atoms with van der Waals surface area (Å²) in [6.45, 7) is 5.17. The fraction of sp³-hybridized carbons (Fsp3) is 0.455. The van der Waals surface area contributed by atoms with Crippen LogP contribution in [0, 0.1) is 19.7 Å². The molecular formula is C11H14FNO. The lowest BCUT2D eigenvalue weighted by molar-refractivity contribution is 0.0211. The highest BCUT2D eigenvalue weighted by Crippen LogP contribution is 2.21. The highest BCUT2D eigenvalue weighted by molar-refractivity contribution is 5.53. The third-order valence-electron chi connectivity index (χ3n) is 2.50. The molecule has 1 aliphatic heterocycles. The lowest BCUT2D eigenvalue weighted by atomic mass is 10.1. The Morgan fingerprint density at radius 3 is 2.57 bits per heavy atom. The second kappa shape index (κ2) is 3.58. The summed E-state index contributed by atoms with van der Waals surface area (Å²) in [6.07, 6.45) is 0. The first kappa shape index (κ1) is 9.46. The van der Waals surface area contributed by atoms with Gasteiger partial charge in [-0.15, -0.1) is 0 Å². The number of rotatable bonds is 2. The van der Waals surface area contributed by atoms with Gasteiger partial charge in [0, 0.05) is 5.69 Å². The monoisotopic (exact) mass is 195 g/mol. The van der Waals surface area contributed by atoms with E-state index in [-0.39, 0.29) is 5.82 Å². The molecule has 0 aliphatic carbocycles. The molecule has 0 bridgehead atoms. The number of nitrogens with one attached hydrogen (secondary N) is 1. The predicted molar refractivity (Wildman–Crippen MR) is 54.1 cm³/mol. The van der Waals surface area contributed by atoms with Crippen molar-refractivity contribution in [2.45, 2.75) is 19.9 Å². The van der Waals surface area contributed by atoms with Crippen LogP contribution in [-0.2, 0) is 4.74 Å². The molecular weight excluding hydrogens is 181 g/mol. The molecule has 1 aromatic carbocycles. The molecule has 0 unspecified atom stereocenters. The minimum atomic E-state index is -0.141. The van der Waals surface area contributed by atoms with Crippen molar-refractivity contribution in [3.8, 4) is 0 Å². The summed E-state index contributed by atoms with van der Waals surface area (Å²) in [5, 5.41) is 3.32. The first-order chi connectivity index (χ1) is 6.66. The van der Waals surface area contributed by atoms with Gasteiger partial charge in [-0.3, -0.25) is 0 Å². The topological polar surface area (TPSA) is 21.3 Å². The quantitative estimate of drug-likeness (QED) is 0.781. The van der Waals surface area contributed by atoms with E-state index >= 15 is 0 Å². The van der Waals surface area contributed by atoms with E-state index in [1.807, 2.05) is 13.0 Å². The maximum absolute atomic E-state index is 13.1. The standard InChI is InChI=1S/C11H14FNO/c1-7-4-11(8(2)3-10(7)12)13-9-5-14-6-9/h3-4,9,13H,5-6H2,1-2H3. The van der Waals surface area contributed by atoms with Crippen molar-refractivity contribution >= 4 is 5.69 Å². The highest BCUT2D eigenvalue weighted by atomic mass is 19.1. The number of aryl methyl sites for hydroxylation is 2. The van der Waals surface area contributed by atoms with Gasteiger partial charge in [0.2, 0.25) is 0 Å². The molecule has 14 heavy (non-hydrogen) atoms. The van der Waals surface area contributed by atoms with Crippen molar-refractivity contribution in [2.75, 3.05) is 18.5 Å². The molecule has 0 radical (unpaired) electrons. The Bertz CT molecular complexity index is 347. The smallest absolute Gasteiger partial charge is 0.126 e. The Morgan fingerprint density at radius 2 is 2.00 bits per heavy atom. The van der Waals surface area contributed by atoms with Crippen molar-refractivity contribution in [1.29, 1.82) is 0 Å². The minimum absolute atomic E-state index is 0.141. The Labute approximate surface area is 83.1 Å². The van der Waals surface area contributed by atoms with Crippen molar-refractivity contribution in [3.63, 3.8) is 0 Å².